The van der Waals surface area contributed by atoms with Gasteiger partial charge in [-0.25, -0.2) is 8.78 Å². The summed E-state index contributed by atoms with van der Waals surface area (Å²) in [5.41, 5.74) is 0.903. The van der Waals surface area contributed by atoms with Gasteiger partial charge in [-0.05, 0) is 42.8 Å². The number of hydrogen-bond acceptors (Lipinski definition) is 2. The number of Topliss-reactive ketones (excluding diaryl/α,β-unsaturated/α-hetero) is 1. The molecule has 2 nitrogen and oxygen atoms in total. The van der Waals surface area contributed by atoms with Crippen LogP contribution in [-0.4, -0.2) is 11.9 Å². The zero-order valence-corrected chi connectivity index (χ0v) is 12.0. The summed E-state index contributed by atoms with van der Waals surface area (Å²) in [7, 11) is 0. The highest BCUT2D eigenvalue weighted by molar-refractivity contribution is 6.30. The van der Waals surface area contributed by atoms with Crippen LogP contribution in [0.25, 0.3) is 0 Å². The lowest BCUT2D eigenvalue weighted by molar-refractivity contribution is 0.0412. The number of ether oxygens (including phenoxy) is 1. The highest BCUT2D eigenvalue weighted by Gasteiger charge is 2.17. The average Bonchev–Trinajstić information content (AvgIpc) is 2.47. The molecule has 0 radical (unpaired) electrons. The van der Waals surface area contributed by atoms with E-state index >= 15 is 0 Å². The largest absolute Gasteiger partial charge is 0.366 e. The summed E-state index contributed by atoms with van der Waals surface area (Å²) in [5.74, 6) is -2.45. The van der Waals surface area contributed by atoms with Crippen LogP contribution < -0.4 is 0 Å². The Morgan fingerprint density at radius 2 is 1.95 bits per heavy atom. The van der Waals surface area contributed by atoms with E-state index in [-0.39, 0.29) is 12.2 Å². The summed E-state index contributed by atoms with van der Waals surface area (Å²) in [6, 6.07) is 10.1. The van der Waals surface area contributed by atoms with Gasteiger partial charge in [-0.3, -0.25) is 4.79 Å². The summed E-state index contributed by atoms with van der Waals surface area (Å²) in [5, 5.41) is 0.579. The van der Waals surface area contributed by atoms with Crippen molar-refractivity contribution in [2.75, 3.05) is 0 Å². The molecule has 0 heterocycles. The minimum Gasteiger partial charge on any atom is -0.366 e. The Morgan fingerprint density at radius 3 is 2.62 bits per heavy atom. The molecule has 0 aliphatic carbocycles. The van der Waals surface area contributed by atoms with Crippen LogP contribution in [0.2, 0.25) is 5.02 Å². The Hall–Kier alpha value is -1.78. The summed E-state index contributed by atoms with van der Waals surface area (Å²) in [6.45, 7) is 1.77. The maximum atomic E-state index is 13.1. The number of benzene rings is 2. The summed E-state index contributed by atoms with van der Waals surface area (Å²) < 4.78 is 31.4. The monoisotopic (exact) mass is 310 g/mol. The van der Waals surface area contributed by atoms with E-state index in [1.54, 1.807) is 25.1 Å². The molecule has 0 saturated carbocycles. The molecule has 1 atom stereocenters. The molecular formula is C16H13ClF2O2. The Kier molecular flexibility index (Phi) is 5.04. The molecule has 2 aromatic carbocycles. The van der Waals surface area contributed by atoms with E-state index in [1.165, 1.54) is 6.07 Å². The first-order valence-electron chi connectivity index (χ1n) is 6.32. The molecule has 0 aliphatic heterocycles. The predicted octanol–water partition coefficient (Wildman–Crippen LogP) is 4.41. The molecule has 5 heteroatoms. The topological polar surface area (TPSA) is 26.3 Å². The fraction of sp³-hybridized carbons (Fsp3) is 0.188. The highest BCUT2D eigenvalue weighted by atomic mass is 35.5. The van der Waals surface area contributed by atoms with Crippen molar-refractivity contribution in [3.05, 3.63) is 70.2 Å². The number of carbonyl (C=O) groups is 1. The normalized spacial score (nSPS) is 12.2. The Morgan fingerprint density at radius 1 is 1.19 bits per heavy atom. The average molecular weight is 311 g/mol. The SMILES string of the molecule is CC(OCc1cccc(Cl)c1)C(=O)c1ccc(F)c(F)c1. The van der Waals surface area contributed by atoms with Crippen molar-refractivity contribution in [3.8, 4) is 0 Å². The molecule has 0 amide bonds. The van der Waals surface area contributed by atoms with Gasteiger partial charge in [0, 0.05) is 10.6 Å². The van der Waals surface area contributed by atoms with Crippen molar-refractivity contribution in [2.24, 2.45) is 0 Å². The van der Waals surface area contributed by atoms with Crippen molar-refractivity contribution in [3.63, 3.8) is 0 Å². The minimum atomic E-state index is -1.05. The van der Waals surface area contributed by atoms with Gasteiger partial charge in [0.05, 0.1) is 6.61 Å². The lowest BCUT2D eigenvalue weighted by atomic mass is 10.1. The molecule has 0 fully saturated rings. The van der Waals surface area contributed by atoms with Gasteiger partial charge >= 0.3 is 0 Å². The lowest BCUT2D eigenvalue weighted by Gasteiger charge is -2.12. The van der Waals surface area contributed by atoms with Gasteiger partial charge in [-0.2, -0.15) is 0 Å². The zero-order valence-electron chi connectivity index (χ0n) is 11.3. The van der Waals surface area contributed by atoms with Gasteiger partial charge < -0.3 is 4.74 Å². The Labute approximate surface area is 126 Å². The first-order valence-corrected chi connectivity index (χ1v) is 6.70. The summed E-state index contributed by atoms with van der Waals surface area (Å²) in [4.78, 5) is 12.1. The van der Waals surface area contributed by atoms with E-state index in [1.807, 2.05) is 6.07 Å². The summed E-state index contributed by atoms with van der Waals surface area (Å²) >= 11 is 5.85. The summed E-state index contributed by atoms with van der Waals surface area (Å²) in [6.07, 6.45) is -0.770. The van der Waals surface area contributed by atoms with E-state index in [2.05, 4.69) is 0 Å². The standard InChI is InChI=1S/C16H13ClF2O2/c1-10(21-9-11-3-2-4-13(17)7-11)16(20)12-5-6-14(18)15(19)8-12/h2-8,10H,9H2,1H3. The van der Waals surface area contributed by atoms with Crippen LogP contribution in [0.5, 0.6) is 0 Å². The van der Waals surface area contributed by atoms with Crippen LogP contribution in [0, 0.1) is 11.6 Å². The molecule has 2 rings (SSSR count). The van der Waals surface area contributed by atoms with E-state index in [0.717, 1.165) is 17.7 Å². The first kappa shape index (κ1) is 15.6. The van der Waals surface area contributed by atoms with Crippen LogP contribution >= 0.6 is 11.6 Å². The van der Waals surface area contributed by atoms with Gasteiger partial charge in [0.25, 0.3) is 0 Å². The maximum Gasteiger partial charge on any atom is 0.191 e. The van der Waals surface area contributed by atoms with E-state index in [4.69, 9.17) is 16.3 Å². The minimum absolute atomic E-state index is 0.0764. The Bertz CT molecular complexity index is 658. The molecule has 0 saturated heterocycles. The first-order chi connectivity index (χ1) is 9.97. The quantitative estimate of drug-likeness (QED) is 0.765. The lowest BCUT2D eigenvalue weighted by Crippen LogP contribution is -2.21. The highest BCUT2D eigenvalue weighted by Crippen LogP contribution is 2.15. The van der Waals surface area contributed by atoms with Gasteiger partial charge in [0.1, 0.15) is 6.10 Å². The van der Waals surface area contributed by atoms with Crippen LogP contribution in [0.3, 0.4) is 0 Å². The van der Waals surface area contributed by atoms with Crippen molar-refractivity contribution < 1.29 is 18.3 Å². The zero-order chi connectivity index (χ0) is 15.4. The van der Waals surface area contributed by atoms with Crippen molar-refractivity contribution in [2.45, 2.75) is 19.6 Å². The number of ketones is 1. The molecule has 110 valence electrons. The third-order valence-corrected chi connectivity index (χ3v) is 3.20. The van der Waals surface area contributed by atoms with Gasteiger partial charge in [0.15, 0.2) is 17.4 Å². The van der Waals surface area contributed by atoms with Gasteiger partial charge in [-0.1, -0.05) is 23.7 Å². The van der Waals surface area contributed by atoms with Crippen molar-refractivity contribution in [1.29, 1.82) is 0 Å². The van der Waals surface area contributed by atoms with Gasteiger partial charge in [-0.15, -0.1) is 0 Å². The molecule has 0 bridgehead atoms. The number of hydrogen-bond donors (Lipinski definition) is 0. The second-order valence-electron chi connectivity index (χ2n) is 4.58. The number of rotatable bonds is 5. The van der Waals surface area contributed by atoms with Crippen molar-refractivity contribution in [1.82, 2.24) is 0 Å². The molecule has 0 N–H and O–H groups in total. The third kappa shape index (κ3) is 4.09. The van der Waals surface area contributed by atoms with Crippen LogP contribution in [0.15, 0.2) is 42.5 Å². The molecular weight excluding hydrogens is 298 g/mol. The smallest absolute Gasteiger partial charge is 0.191 e. The fourth-order valence-electron chi connectivity index (χ4n) is 1.81. The predicted molar refractivity (Wildman–Crippen MR) is 76.4 cm³/mol. The van der Waals surface area contributed by atoms with Gasteiger partial charge in [0.2, 0.25) is 0 Å². The van der Waals surface area contributed by atoms with E-state index < -0.39 is 23.5 Å². The second kappa shape index (κ2) is 6.78. The van der Waals surface area contributed by atoms with E-state index in [0.29, 0.717) is 5.02 Å². The fourth-order valence-corrected chi connectivity index (χ4v) is 2.02. The number of carbonyl (C=O) groups excluding carboxylic acids is 1. The van der Waals surface area contributed by atoms with Crippen molar-refractivity contribution >= 4 is 17.4 Å². The molecule has 21 heavy (non-hydrogen) atoms. The molecule has 1 unspecified atom stereocenters. The maximum absolute atomic E-state index is 13.1. The van der Waals surface area contributed by atoms with Crippen LogP contribution in [-0.2, 0) is 11.3 Å². The molecule has 0 aliphatic rings. The Balaban J connectivity index is 2.00. The third-order valence-electron chi connectivity index (χ3n) is 2.96. The van der Waals surface area contributed by atoms with Crippen LogP contribution in [0.4, 0.5) is 8.78 Å². The molecule has 0 aromatic heterocycles. The van der Waals surface area contributed by atoms with Crippen LogP contribution in [0.1, 0.15) is 22.8 Å². The number of halogens is 3. The molecule has 2 aromatic rings. The van der Waals surface area contributed by atoms with E-state index in [9.17, 15) is 13.6 Å². The molecule has 0 spiro atoms. The second-order valence-corrected chi connectivity index (χ2v) is 5.01.